The smallest absolute Gasteiger partial charge is 0.416 e. The molecule has 2 nitrogen and oxygen atoms in total. The van der Waals surface area contributed by atoms with Crippen LogP contribution in [0.2, 0.25) is 0 Å². The summed E-state index contributed by atoms with van der Waals surface area (Å²) in [5.74, 6) is 0.210. The van der Waals surface area contributed by atoms with Crippen molar-refractivity contribution in [2.75, 3.05) is 6.54 Å². The van der Waals surface area contributed by atoms with E-state index < -0.39 is 24.0 Å². The number of ether oxygens (including phenoxy) is 1. The van der Waals surface area contributed by atoms with Crippen molar-refractivity contribution < 1.29 is 22.3 Å². The maximum Gasteiger partial charge on any atom is 0.416 e. The van der Waals surface area contributed by atoms with E-state index in [9.17, 15) is 17.6 Å². The van der Waals surface area contributed by atoms with Crippen LogP contribution in [-0.2, 0) is 6.18 Å². The van der Waals surface area contributed by atoms with Crippen LogP contribution >= 0.6 is 0 Å². The van der Waals surface area contributed by atoms with Crippen molar-refractivity contribution in [3.05, 3.63) is 29.3 Å². The first-order valence-corrected chi connectivity index (χ1v) is 5.70. The number of halogens is 4. The number of fused-ring (bicyclic) bond motifs is 3. The Morgan fingerprint density at radius 3 is 2.78 bits per heavy atom. The van der Waals surface area contributed by atoms with Crippen molar-refractivity contribution in [3.8, 4) is 5.75 Å². The minimum Gasteiger partial charge on any atom is -0.488 e. The number of hydrogen-bond acceptors (Lipinski definition) is 2. The molecule has 0 saturated carbocycles. The van der Waals surface area contributed by atoms with Crippen LogP contribution in [0.5, 0.6) is 5.75 Å². The molecule has 0 amide bonds. The predicted molar refractivity (Wildman–Crippen MR) is 56.1 cm³/mol. The zero-order valence-corrected chi connectivity index (χ0v) is 9.30. The second kappa shape index (κ2) is 3.85. The summed E-state index contributed by atoms with van der Waals surface area (Å²) in [6.07, 6.45) is -5.59. The molecular formula is C12H11F4NO. The summed E-state index contributed by atoms with van der Waals surface area (Å²) in [4.78, 5) is 0. The number of benzene rings is 1. The van der Waals surface area contributed by atoms with Gasteiger partial charge in [0.15, 0.2) is 0 Å². The summed E-state index contributed by atoms with van der Waals surface area (Å²) in [6, 6.07) is 3.24. The fraction of sp³-hybridized carbons (Fsp3) is 0.500. The van der Waals surface area contributed by atoms with Gasteiger partial charge in [-0.2, -0.15) is 13.2 Å². The molecule has 3 rings (SSSR count). The highest BCUT2D eigenvalue weighted by atomic mass is 19.4. The molecule has 2 aliphatic rings. The van der Waals surface area contributed by atoms with Crippen LogP contribution in [0.1, 0.15) is 23.6 Å². The first-order chi connectivity index (χ1) is 8.45. The highest BCUT2D eigenvalue weighted by molar-refractivity contribution is 5.44. The van der Waals surface area contributed by atoms with Crippen LogP contribution in [-0.4, -0.2) is 18.8 Å². The molecule has 1 N–H and O–H groups in total. The third-order valence-electron chi connectivity index (χ3n) is 3.37. The van der Waals surface area contributed by atoms with Crippen molar-refractivity contribution in [1.29, 1.82) is 0 Å². The number of alkyl halides is 4. The molecule has 98 valence electrons. The van der Waals surface area contributed by atoms with Gasteiger partial charge in [0.25, 0.3) is 0 Å². The SMILES string of the molecule is FC1CNC2c3ccc(C(F)(F)F)cc3OC2C1. The van der Waals surface area contributed by atoms with Gasteiger partial charge in [-0.05, 0) is 12.1 Å². The lowest BCUT2D eigenvalue weighted by atomic mass is 9.95. The Hall–Kier alpha value is -1.30. The minimum atomic E-state index is -4.39. The lowest BCUT2D eigenvalue weighted by Crippen LogP contribution is -2.42. The fourth-order valence-corrected chi connectivity index (χ4v) is 2.52. The van der Waals surface area contributed by atoms with Crippen molar-refractivity contribution in [1.82, 2.24) is 5.32 Å². The molecule has 0 radical (unpaired) electrons. The van der Waals surface area contributed by atoms with Crippen molar-refractivity contribution >= 4 is 0 Å². The van der Waals surface area contributed by atoms with Crippen LogP contribution < -0.4 is 10.1 Å². The van der Waals surface area contributed by atoms with E-state index in [2.05, 4.69) is 5.32 Å². The first kappa shape index (κ1) is 11.8. The van der Waals surface area contributed by atoms with E-state index in [1.807, 2.05) is 0 Å². The fourth-order valence-electron chi connectivity index (χ4n) is 2.52. The molecule has 3 unspecified atom stereocenters. The highest BCUT2D eigenvalue weighted by Gasteiger charge is 2.41. The van der Waals surface area contributed by atoms with Gasteiger partial charge in [0, 0.05) is 18.5 Å². The molecule has 1 aromatic carbocycles. The largest absolute Gasteiger partial charge is 0.488 e. The summed E-state index contributed by atoms with van der Waals surface area (Å²) in [5.41, 5.74) is -0.0587. The normalized spacial score (nSPS) is 30.6. The Morgan fingerprint density at radius 1 is 1.28 bits per heavy atom. The first-order valence-electron chi connectivity index (χ1n) is 5.70. The molecule has 18 heavy (non-hydrogen) atoms. The molecule has 3 atom stereocenters. The van der Waals surface area contributed by atoms with Crippen molar-refractivity contribution in [2.24, 2.45) is 0 Å². The Kier molecular flexibility index (Phi) is 2.52. The molecule has 0 aliphatic carbocycles. The molecule has 1 fully saturated rings. The molecule has 2 aliphatic heterocycles. The predicted octanol–water partition coefficient (Wildman–Crippen LogP) is 2.84. The molecule has 1 saturated heterocycles. The maximum atomic E-state index is 13.2. The van der Waals surface area contributed by atoms with Crippen LogP contribution in [0.3, 0.4) is 0 Å². The second-order valence-electron chi connectivity index (χ2n) is 4.63. The van der Waals surface area contributed by atoms with E-state index in [0.717, 1.165) is 12.1 Å². The Bertz CT molecular complexity index is 474. The molecule has 0 spiro atoms. The van der Waals surface area contributed by atoms with E-state index in [4.69, 9.17) is 4.74 Å². The quantitative estimate of drug-likeness (QED) is 0.725. The number of nitrogens with one attached hydrogen (secondary N) is 1. The van der Waals surface area contributed by atoms with Gasteiger partial charge in [-0.15, -0.1) is 0 Å². The summed E-state index contributed by atoms with van der Waals surface area (Å²) in [5, 5.41) is 2.96. The van der Waals surface area contributed by atoms with Gasteiger partial charge in [-0.1, -0.05) is 6.07 Å². The Morgan fingerprint density at radius 2 is 2.06 bits per heavy atom. The van der Waals surface area contributed by atoms with Gasteiger partial charge in [0.1, 0.15) is 18.0 Å². The van der Waals surface area contributed by atoms with Crippen LogP contribution in [0.15, 0.2) is 18.2 Å². The topological polar surface area (TPSA) is 21.3 Å². The highest BCUT2D eigenvalue weighted by Crippen LogP contribution is 2.43. The zero-order chi connectivity index (χ0) is 12.9. The van der Waals surface area contributed by atoms with E-state index in [1.165, 1.54) is 6.07 Å². The lowest BCUT2D eigenvalue weighted by Gasteiger charge is -2.27. The minimum absolute atomic E-state index is 0.200. The maximum absolute atomic E-state index is 13.2. The number of rotatable bonds is 0. The molecule has 1 aromatic rings. The molecular weight excluding hydrogens is 250 g/mol. The van der Waals surface area contributed by atoms with Gasteiger partial charge >= 0.3 is 6.18 Å². The summed E-state index contributed by atoms with van der Waals surface area (Å²) < 4.78 is 56.3. The van der Waals surface area contributed by atoms with Crippen molar-refractivity contribution in [3.63, 3.8) is 0 Å². The molecule has 6 heteroatoms. The van der Waals surface area contributed by atoms with Crippen LogP contribution in [0.25, 0.3) is 0 Å². The van der Waals surface area contributed by atoms with Crippen LogP contribution in [0, 0.1) is 0 Å². The van der Waals surface area contributed by atoms with Gasteiger partial charge in [-0.3, -0.25) is 0 Å². The van der Waals surface area contributed by atoms with E-state index >= 15 is 0 Å². The molecule has 0 aromatic heterocycles. The lowest BCUT2D eigenvalue weighted by molar-refractivity contribution is -0.137. The number of hydrogen-bond donors (Lipinski definition) is 1. The van der Waals surface area contributed by atoms with Crippen molar-refractivity contribution in [2.45, 2.75) is 30.9 Å². The van der Waals surface area contributed by atoms with Crippen LogP contribution in [0.4, 0.5) is 17.6 Å². The van der Waals surface area contributed by atoms with E-state index in [-0.39, 0.29) is 24.8 Å². The summed E-state index contributed by atoms with van der Waals surface area (Å²) in [7, 11) is 0. The number of piperidine rings is 1. The van der Waals surface area contributed by atoms with Gasteiger partial charge in [0.05, 0.1) is 11.6 Å². The summed E-state index contributed by atoms with van der Waals surface area (Å²) in [6.45, 7) is 0.213. The third kappa shape index (κ3) is 1.84. The van der Waals surface area contributed by atoms with Gasteiger partial charge in [-0.25, -0.2) is 4.39 Å². The monoisotopic (exact) mass is 261 g/mol. The molecule has 0 bridgehead atoms. The van der Waals surface area contributed by atoms with Gasteiger partial charge < -0.3 is 10.1 Å². The standard InChI is InChI=1S/C12H11F4NO/c13-7-4-10-11(17-5-7)8-2-1-6(12(14,15)16)3-9(8)18-10/h1-3,7,10-11,17H,4-5H2. The third-order valence-corrected chi connectivity index (χ3v) is 3.37. The summed E-state index contributed by atoms with van der Waals surface area (Å²) >= 11 is 0. The Balaban J connectivity index is 1.93. The average Bonchev–Trinajstić information content (AvgIpc) is 2.63. The zero-order valence-electron chi connectivity index (χ0n) is 9.30. The molecule has 2 heterocycles. The van der Waals surface area contributed by atoms with E-state index in [1.54, 1.807) is 0 Å². The van der Waals surface area contributed by atoms with E-state index in [0.29, 0.717) is 5.56 Å². The van der Waals surface area contributed by atoms with Gasteiger partial charge in [0.2, 0.25) is 0 Å². The Labute approximate surface area is 101 Å². The average molecular weight is 261 g/mol. The second-order valence-corrected chi connectivity index (χ2v) is 4.63.